The summed E-state index contributed by atoms with van der Waals surface area (Å²) in [7, 11) is 2.26. The highest BCUT2D eigenvalue weighted by Gasteiger charge is 2.30. The van der Waals surface area contributed by atoms with E-state index in [1.807, 2.05) is 0 Å². The van der Waals surface area contributed by atoms with Crippen LogP contribution < -0.4 is 5.73 Å². The monoisotopic (exact) mass is 239 g/mol. The molecule has 0 bridgehead atoms. The number of nitrogens with zero attached hydrogens (tertiary/aromatic N) is 2. The molecule has 1 aliphatic carbocycles. The van der Waals surface area contributed by atoms with Gasteiger partial charge in [0, 0.05) is 31.2 Å². The summed E-state index contributed by atoms with van der Waals surface area (Å²) in [5.74, 6) is 0. The summed E-state index contributed by atoms with van der Waals surface area (Å²) >= 11 is 0. The number of hydrogen-bond donors (Lipinski definition) is 1. The van der Waals surface area contributed by atoms with E-state index in [0.717, 1.165) is 6.04 Å². The molecule has 100 valence electrons. The zero-order valence-corrected chi connectivity index (χ0v) is 11.6. The molecule has 2 aliphatic rings. The fourth-order valence-electron chi connectivity index (χ4n) is 3.36. The quantitative estimate of drug-likeness (QED) is 0.810. The largest absolute Gasteiger partial charge is 0.325 e. The van der Waals surface area contributed by atoms with Crippen LogP contribution in [0.25, 0.3) is 0 Å². The molecule has 1 aliphatic heterocycles. The van der Waals surface area contributed by atoms with Gasteiger partial charge in [0.15, 0.2) is 0 Å². The van der Waals surface area contributed by atoms with Crippen LogP contribution >= 0.6 is 0 Å². The molecule has 2 fully saturated rings. The van der Waals surface area contributed by atoms with E-state index in [-0.39, 0.29) is 5.54 Å². The summed E-state index contributed by atoms with van der Waals surface area (Å²) in [5, 5.41) is 0. The third-order valence-corrected chi connectivity index (χ3v) is 4.86. The fourth-order valence-corrected chi connectivity index (χ4v) is 3.36. The van der Waals surface area contributed by atoms with Crippen LogP contribution in [0, 0.1) is 0 Å². The molecule has 1 atom stereocenters. The van der Waals surface area contributed by atoms with Gasteiger partial charge in [0.25, 0.3) is 0 Å². The molecule has 1 unspecified atom stereocenters. The highest BCUT2D eigenvalue weighted by molar-refractivity contribution is 4.90. The summed E-state index contributed by atoms with van der Waals surface area (Å²) < 4.78 is 0. The molecule has 0 radical (unpaired) electrons. The molecule has 3 heteroatoms. The van der Waals surface area contributed by atoms with Gasteiger partial charge in [0.05, 0.1) is 0 Å². The molecule has 0 aromatic heterocycles. The predicted molar refractivity (Wildman–Crippen MR) is 73.2 cm³/mol. The van der Waals surface area contributed by atoms with E-state index in [9.17, 15) is 0 Å². The van der Waals surface area contributed by atoms with Gasteiger partial charge in [-0.2, -0.15) is 0 Å². The first-order chi connectivity index (χ1) is 8.13. The van der Waals surface area contributed by atoms with Crippen molar-refractivity contribution in [2.24, 2.45) is 5.73 Å². The van der Waals surface area contributed by atoms with Crippen molar-refractivity contribution >= 4 is 0 Å². The van der Waals surface area contributed by atoms with Crippen molar-refractivity contribution in [1.29, 1.82) is 0 Å². The molecule has 3 nitrogen and oxygen atoms in total. The lowest BCUT2D eigenvalue weighted by molar-refractivity contribution is 0.0873. The third-order valence-electron chi connectivity index (χ3n) is 4.86. The second-order valence-electron chi connectivity index (χ2n) is 6.16. The van der Waals surface area contributed by atoms with Crippen molar-refractivity contribution in [2.75, 3.05) is 33.2 Å². The molecule has 0 spiro atoms. The number of nitrogens with two attached hydrogens (primary N) is 1. The maximum Gasteiger partial charge on any atom is 0.0218 e. The fraction of sp³-hybridized carbons (Fsp3) is 1.00. The standard InChI is InChI=1S/C14H29N3/c1-3-13-12-17(11-10-16(13)2)9-8-14(15)6-4-5-7-14/h13H,3-12,15H2,1-2H3. The zero-order valence-electron chi connectivity index (χ0n) is 11.6. The minimum atomic E-state index is 0.172. The zero-order chi connectivity index (χ0) is 12.3. The van der Waals surface area contributed by atoms with Gasteiger partial charge in [-0.1, -0.05) is 19.8 Å². The van der Waals surface area contributed by atoms with E-state index >= 15 is 0 Å². The first kappa shape index (κ1) is 13.3. The Kier molecular flexibility index (Phi) is 4.45. The van der Waals surface area contributed by atoms with E-state index in [1.54, 1.807) is 0 Å². The van der Waals surface area contributed by atoms with E-state index in [2.05, 4.69) is 23.8 Å². The topological polar surface area (TPSA) is 32.5 Å². The van der Waals surface area contributed by atoms with E-state index in [1.165, 1.54) is 64.7 Å². The van der Waals surface area contributed by atoms with Gasteiger partial charge in [-0.25, -0.2) is 0 Å². The smallest absolute Gasteiger partial charge is 0.0218 e. The van der Waals surface area contributed by atoms with Crippen LogP contribution in [-0.4, -0.2) is 54.6 Å². The maximum absolute atomic E-state index is 6.43. The SMILES string of the molecule is CCC1CN(CCC2(N)CCCC2)CCN1C. The van der Waals surface area contributed by atoms with Crippen LogP contribution in [0.15, 0.2) is 0 Å². The molecular formula is C14H29N3. The molecule has 2 rings (SSSR count). The molecule has 1 saturated carbocycles. The van der Waals surface area contributed by atoms with Crippen LogP contribution in [0.1, 0.15) is 45.4 Å². The lowest BCUT2D eigenvalue weighted by Crippen LogP contribution is -2.52. The molecule has 17 heavy (non-hydrogen) atoms. The first-order valence-electron chi connectivity index (χ1n) is 7.34. The van der Waals surface area contributed by atoms with Gasteiger partial charge in [0.1, 0.15) is 0 Å². The Labute approximate surface area is 106 Å². The molecule has 2 N–H and O–H groups in total. The Morgan fingerprint density at radius 2 is 1.94 bits per heavy atom. The van der Waals surface area contributed by atoms with E-state index in [0.29, 0.717) is 0 Å². The second kappa shape index (κ2) is 5.68. The normalized spacial score (nSPS) is 30.9. The van der Waals surface area contributed by atoms with Gasteiger partial charge >= 0.3 is 0 Å². The summed E-state index contributed by atoms with van der Waals surface area (Å²) in [5.41, 5.74) is 6.61. The van der Waals surface area contributed by atoms with Gasteiger partial charge in [0.2, 0.25) is 0 Å². The Bertz CT molecular complexity index is 236. The second-order valence-corrected chi connectivity index (χ2v) is 6.16. The van der Waals surface area contributed by atoms with Crippen molar-refractivity contribution in [2.45, 2.75) is 57.0 Å². The van der Waals surface area contributed by atoms with Crippen LogP contribution in [0.2, 0.25) is 0 Å². The van der Waals surface area contributed by atoms with Gasteiger partial charge in [-0.05, 0) is 39.3 Å². The van der Waals surface area contributed by atoms with Crippen LogP contribution in [-0.2, 0) is 0 Å². The molecule has 1 saturated heterocycles. The molecule has 1 heterocycles. The summed E-state index contributed by atoms with van der Waals surface area (Å²) in [6.07, 6.45) is 7.65. The van der Waals surface area contributed by atoms with Crippen molar-refractivity contribution in [1.82, 2.24) is 9.80 Å². The van der Waals surface area contributed by atoms with Gasteiger partial charge in [-0.15, -0.1) is 0 Å². The van der Waals surface area contributed by atoms with Crippen molar-refractivity contribution in [3.63, 3.8) is 0 Å². The number of likely N-dealkylation sites (N-methyl/N-ethyl adjacent to an activating group) is 1. The average Bonchev–Trinajstić information content (AvgIpc) is 2.76. The minimum Gasteiger partial charge on any atom is -0.325 e. The van der Waals surface area contributed by atoms with Crippen molar-refractivity contribution in [3.05, 3.63) is 0 Å². The van der Waals surface area contributed by atoms with Gasteiger partial charge in [-0.3, -0.25) is 0 Å². The summed E-state index contributed by atoms with van der Waals surface area (Å²) in [6, 6.07) is 0.751. The lowest BCUT2D eigenvalue weighted by Gasteiger charge is -2.40. The lowest BCUT2D eigenvalue weighted by atomic mass is 9.94. The van der Waals surface area contributed by atoms with Crippen LogP contribution in [0.5, 0.6) is 0 Å². The van der Waals surface area contributed by atoms with E-state index < -0.39 is 0 Å². The van der Waals surface area contributed by atoms with Crippen molar-refractivity contribution < 1.29 is 0 Å². The molecule has 0 aromatic carbocycles. The highest BCUT2D eigenvalue weighted by atomic mass is 15.3. The molecular weight excluding hydrogens is 210 g/mol. The Hall–Kier alpha value is -0.120. The van der Waals surface area contributed by atoms with Gasteiger partial charge < -0.3 is 15.5 Å². The number of rotatable bonds is 4. The Morgan fingerprint density at radius 3 is 2.59 bits per heavy atom. The number of hydrogen-bond acceptors (Lipinski definition) is 3. The van der Waals surface area contributed by atoms with Crippen molar-refractivity contribution in [3.8, 4) is 0 Å². The highest BCUT2D eigenvalue weighted by Crippen LogP contribution is 2.30. The molecule has 0 amide bonds. The van der Waals surface area contributed by atoms with Crippen LogP contribution in [0.3, 0.4) is 0 Å². The average molecular weight is 239 g/mol. The summed E-state index contributed by atoms with van der Waals surface area (Å²) in [4.78, 5) is 5.13. The predicted octanol–water partition coefficient (Wildman–Crippen LogP) is 1.67. The molecule has 0 aromatic rings. The first-order valence-corrected chi connectivity index (χ1v) is 7.34. The number of piperazine rings is 1. The van der Waals surface area contributed by atoms with Crippen LogP contribution in [0.4, 0.5) is 0 Å². The minimum absolute atomic E-state index is 0.172. The third kappa shape index (κ3) is 3.43. The Morgan fingerprint density at radius 1 is 1.24 bits per heavy atom. The Balaban J connectivity index is 1.76. The van der Waals surface area contributed by atoms with E-state index in [4.69, 9.17) is 5.73 Å². The maximum atomic E-state index is 6.43. The summed E-state index contributed by atoms with van der Waals surface area (Å²) in [6.45, 7) is 7.19.